The average Bonchev–Trinajstić information content (AvgIpc) is 2.85. The second-order valence-corrected chi connectivity index (χ2v) is 9.09. The molecule has 1 aliphatic rings. The number of carbonyl (C=O) groups excluding carboxylic acids is 2. The van der Waals surface area contributed by atoms with Gasteiger partial charge in [0.05, 0.1) is 17.7 Å². The van der Waals surface area contributed by atoms with Crippen molar-refractivity contribution in [3.05, 3.63) is 29.3 Å². The highest BCUT2D eigenvalue weighted by atomic mass is 19.3. The van der Waals surface area contributed by atoms with E-state index in [0.29, 0.717) is 18.4 Å². The van der Waals surface area contributed by atoms with Gasteiger partial charge in [-0.05, 0) is 71.5 Å². The first-order valence-corrected chi connectivity index (χ1v) is 9.95. The van der Waals surface area contributed by atoms with Crippen LogP contribution >= 0.6 is 0 Å². The fourth-order valence-electron chi connectivity index (χ4n) is 3.05. The van der Waals surface area contributed by atoms with Crippen LogP contribution < -0.4 is 10.8 Å². The molecule has 1 fully saturated rings. The maximum absolute atomic E-state index is 12.2. The first-order chi connectivity index (χ1) is 13.8. The van der Waals surface area contributed by atoms with Crippen molar-refractivity contribution in [1.82, 2.24) is 5.32 Å². The minimum absolute atomic E-state index is 0.407. The highest BCUT2D eigenvalue weighted by Gasteiger charge is 2.52. The summed E-state index contributed by atoms with van der Waals surface area (Å²) in [7, 11) is -0.593. The normalized spacial score (nSPS) is 17.8. The van der Waals surface area contributed by atoms with Gasteiger partial charge in [0.15, 0.2) is 0 Å². The molecule has 1 heterocycles. The molecule has 166 valence electrons. The van der Waals surface area contributed by atoms with Crippen molar-refractivity contribution in [3.63, 3.8) is 0 Å². The summed E-state index contributed by atoms with van der Waals surface area (Å²) in [5.41, 5.74) is 0.224. The quantitative estimate of drug-likeness (QED) is 0.510. The molecule has 0 radical (unpaired) electrons. The smallest absolute Gasteiger partial charge is 0.444 e. The topological polar surface area (TPSA) is 73.9 Å². The number of alkyl carbamates (subject to hydrolysis) is 1. The fraction of sp³-hybridized carbons (Fsp3) is 0.619. The maximum atomic E-state index is 12.2. The fourth-order valence-corrected chi connectivity index (χ4v) is 3.05. The number of rotatable bonds is 8. The molecule has 1 aromatic carbocycles. The molecule has 1 saturated heterocycles. The predicted molar refractivity (Wildman–Crippen MR) is 110 cm³/mol. The van der Waals surface area contributed by atoms with Crippen LogP contribution in [0.25, 0.3) is 0 Å². The van der Waals surface area contributed by atoms with E-state index in [2.05, 4.69) is 0 Å². The van der Waals surface area contributed by atoms with E-state index in [0.717, 1.165) is 17.3 Å². The highest BCUT2D eigenvalue weighted by Crippen LogP contribution is 2.36. The predicted octanol–water partition coefficient (Wildman–Crippen LogP) is 3.50. The second kappa shape index (κ2) is 9.02. The van der Waals surface area contributed by atoms with Crippen LogP contribution in [0, 0.1) is 0 Å². The van der Waals surface area contributed by atoms with Crippen LogP contribution in [0.3, 0.4) is 0 Å². The van der Waals surface area contributed by atoms with Gasteiger partial charge in [0.2, 0.25) is 0 Å². The van der Waals surface area contributed by atoms with Gasteiger partial charge in [-0.3, -0.25) is 4.79 Å². The molecule has 2 rings (SSSR count). The van der Waals surface area contributed by atoms with E-state index >= 15 is 0 Å². The van der Waals surface area contributed by atoms with Gasteiger partial charge in [0.1, 0.15) is 11.9 Å². The van der Waals surface area contributed by atoms with Gasteiger partial charge >= 0.3 is 13.2 Å². The summed E-state index contributed by atoms with van der Waals surface area (Å²) in [4.78, 5) is 23.0. The van der Waals surface area contributed by atoms with E-state index < -0.39 is 43.0 Å². The Hall–Kier alpha value is -2.00. The Balaban J connectivity index is 2.15. The summed E-state index contributed by atoms with van der Waals surface area (Å²) < 4.78 is 42.1. The molecule has 30 heavy (non-hydrogen) atoms. The molecule has 0 saturated carbocycles. The van der Waals surface area contributed by atoms with Crippen molar-refractivity contribution < 1.29 is 32.4 Å². The third-order valence-electron chi connectivity index (χ3n) is 5.58. The van der Waals surface area contributed by atoms with E-state index in [1.165, 1.54) is 0 Å². The molecule has 6 nitrogen and oxygen atoms in total. The monoisotopic (exact) mass is 425 g/mol. The van der Waals surface area contributed by atoms with Gasteiger partial charge in [-0.2, -0.15) is 0 Å². The summed E-state index contributed by atoms with van der Waals surface area (Å²) in [5, 5.41) is 2.03. The Bertz CT molecular complexity index is 767. The van der Waals surface area contributed by atoms with E-state index in [1.807, 2.05) is 39.1 Å². The van der Waals surface area contributed by atoms with Gasteiger partial charge in [-0.25, -0.2) is 13.6 Å². The minimum Gasteiger partial charge on any atom is -0.444 e. The zero-order chi connectivity index (χ0) is 22.7. The average molecular weight is 425 g/mol. The Labute approximate surface area is 176 Å². The molecular formula is C21H30BF2NO5. The van der Waals surface area contributed by atoms with Crippen LogP contribution in [0.2, 0.25) is 0 Å². The number of nitrogens with one attached hydrogen (secondary N) is 1. The Morgan fingerprint density at radius 1 is 1.23 bits per heavy atom. The number of hydrogen-bond donors (Lipinski definition) is 1. The lowest BCUT2D eigenvalue weighted by Gasteiger charge is -2.32. The molecule has 0 bridgehead atoms. The molecule has 1 N–H and O–H groups in total. The van der Waals surface area contributed by atoms with Gasteiger partial charge in [0.25, 0.3) is 6.43 Å². The lowest BCUT2D eigenvalue weighted by atomic mass is 9.74. The van der Waals surface area contributed by atoms with Crippen molar-refractivity contribution >= 4 is 25.0 Å². The third kappa shape index (κ3) is 6.01. The molecule has 0 spiro atoms. The summed E-state index contributed by atoms with van der Waals surface area (Å²) in [6.07, 6.45) is -1.90. The zero-order valence-electron chi connectivity index (χ0n) is 18.4. The number of benzene rings is 1. The van der Waals surface area contributed by atoms with Gasteiger partial charge in [0, 0.05) is 5.56 Å². The molecule has 0 atom stereocenters. The standard InChI is InChI=1S/C21H30BF2NO5/c1-19(2,28-18(27)25-12-17(23)24)10-9-15-11-14(13-26)7-8-16(15)22-29-20(3,4)21(5,6)30-22/h7-8,11,13,17H,9-10,12H2,1-6H3,(H,25,27). The number of hydrogen-bond acceptors (Lipinski definition) is 5. The van der Waals surface area contributed by atoms with E-state index in [4.69, 9.17) is 14.0 Å². The van der Waals surface area contributed by atoms with E-state index in [1.54, 1.807) is 26.0 Å². The number of ether oxygens (including phenoxy) is 1. The third-order valence-corrected chi connectivity index (χ3v) is 5.58. The molecule has 0 aliphatic carbocycles. The first-order valence-electron chi connectivity index (χ1n) is 9.95. The number of carbonyl (C=O) groups is 2. The number of amides is 1. The summed E-state index contributed by atoms with van der Waals surface area (Å²) >= 11 is 0. The SMILES string of the molecule is CC(C)(CCc1cc(C=O)ccc1B1OC(C)(C)C(C)(C)O1)OC(=O)NCC(F)F. The highest BCUT2D eigenvalue weighted by molar-refractivity contribution is 6.62. The van der Waals surface area contributed by atoms with E-state index in [-0.39, 0.29) is 0 Å². The number of alkyl halides is 2. The Kier molecular flexibility index (Phi) is 7.30. The molecule has 1 amide bonds. The van der Waals surface area contributed by atoms with Crippen LogP contribution in [0.5, 0.6) is 0 Å². The molecule has 0 unspecified atom stereocenters. The van der Waals surface area contributed by atoms with Crippen molar-refractivity contribution in [2.24, 2.45) is 0 Å². The number of halogens is 2. The van der Waals surface area contributed by atoms with Crippen molar-refractivity contribution in [2.75, 3.05) is 6.54 Å². The van der Waals surface area contributed by atoms with Gasteiger partial charge in [-0.1, -0.05) is 12.1 Å². The number of aryl methyl sites for hydroxylation is 1. The van der Waals surface area contributed by atoms with Crippen LogP contribution in [-0.2, 0) is 20.5 Å². The first kappa shape index (κ1) is 24.3. The van der Waals surface area contributed by atoms with Crippen LogP contribution in [0.4, 0.5) is 13.6 Å². The minimum atomic E-state index is -2.64. The van der Waals surface area contributed by atoms with Crippen LogP contribution in [0.15, 0.2) is 18.2 Å². The molecule has 1 aliphatic heterocycles. The number of aldehydes is 1. The zero-order valence-corrected chi connectivity index (χ0v) is 18.4. The van der Waals surface area contributed by atoms with Crippen molar-refractivity contribution in [1.29, 1.82) is 0 Å². The molecule has 0 aromatic heterocycles. The van der Waals surface area contributed by atoms with Crippen LogP contribution in [-0.4, -0.2) is 49.3 Å². The summed E-state index contributed by atoms with van der Waals surface area (Å²) in [6, 6.07) is 5.28. The Morgan fingerprint density at radius 3 is 2.37 bits per heavy atom. The molecular weight excluding hydrogens is 395 g/mol. The van der Waals surface area contributed by atoms with E-state index in [9.17, 15) is 18.4 Å². The van der Waals surface area contributed by atoms with Gasteiger partial charge in [-0.15, -0.1) is 0 Å². The van der Waals surface area contributed by atoms with Crippen molar-refractivity contribution in [3.8, 4) is 0 Å². The second-order valence-electron chi connectivity index (χ2n) is 9.09. The van der Waals surface area contributed by atoms with Crippen LogP contribution in [0.1, 0.15) is 63.9 Å². The van der Waals surface area contributed by atoms with Gasteiger partial charge < -0.3 is 19.4 Å². The summed E-state index contributed by atoms with van der Waals surface area (Å²) in [6.45, 7) is 10.5. The maximum Gasteiger partial charge on any atom is 0.495 e. The van der Waals surface area contributed by atoms with Crippen molar-refractivity contribution in [2.45, 2.75) is 77.6 Å². The molecule has 1 aromatic rings. The largest absolute Gasteiger partial charge is 0.495 e. The lowest BCUT2D eigenvalue weighted by Crippen LogP contribution is -2.41. The lowest BCUT2D eigenvalue weighted by molar-refractivity contribution is 0.00578. The summed E-state index contributed by atoms with van der Waals surface area (Å²) in [5.74, 6) is 0. The molecule has 9 heteroatoms. The Morgan fingerprint density at radius 2 is 1.83 bits per heavy atom.